The fourth-order valence-electron chi connectivity index (χ4n) is 3.14. The van der Waals surface area contributed by atoms with Gasteiger partial charge in [0.05, 0.1) is 30.3 Å². The van der Waals surface area contributed by atoms with E-state index < -0.39 is 25.1 Å². The van der Waals surface area contributed by atoms with E-state index >= 15 is 0 Å². The smallest absolute Gasteiger partial charge is 0.271 e. The molecule has 29 heavy (non-hydrogen) atoms. The summed E-state index contributed by atoms with van der Waals surface area (Å²) >= 11 is 8.37. The number of nitrogens with zero attached hydrogens (tertiary/aromatic N) is 1. The van der Waals surface area contributed by atoms with Crippen molar-refractivity contribution in [3.8, 4) is 0 Å². The summed E-state index contributed by atoms with van der Waals surface area (Å²) in [5, 5.41) is 21.2. The number of rotatable bonds is 8. The predicted octanol–water partition coefficient (Wildman–Crippen LogP) is 2.78. The van der Waals surface area contributed by atoms with Crippen molar-refractivity contribution in [1.29, 1.82) is 0 Å². The molecular formula is C19H20ClFIN3O4. The lowest BCUT2D eigenvalue weighted by Gasteiger charge is -2.22. The van der Waals surface area contributed by atoms with Gasteiger partial charge in [-0.25, -0.2) is 4.39 Å². The lowest BCUT2D eigenvalue weighted by atomic mass is 10.1. The Labute approximate surface area is 185 Å². The van der Waals surface area contributed by atoms with Crippen molar-refractivity contribution in [2.24, 2.45) is 0 Å². The van der Waals surface area contributed by atoms with Crippen LogP contribution in [0.5, 0.6) is 0 Å². The quantitative estimate of drug-likeness (QED) is 0.307. The van der Waals surface area contributed by atoms with Gasteiger partial charge in [-0.15, -0.1) is 0 Å². The Morgan fingerprint density at radius 1 is 1.41 bits per heavy atom. The average Bonchev–Trinajstić information content (AvgIpc) is 3.18. The molecule has 156 valence electrons. The number of nitrogens with one attached hydrogen (secondary N) is 2. The van der Waals surface area contributed by atoms with Crippen LogP contribution in [0.4, 0.5) is 15.8 Å². The number of pyridine rings is 1. The Balaban J connectivity index is 2.06. The summed E-state index contributed by atoms with van der Waals surface area (Å²) < 4.78 is 16.7. The number of hydrogen-bond donors (Lipinski definition) is 4. The molecule has 2 heterocycles. The first-order valence-electron chi connectivity index (χ1n) is 8.87. The number of anilines is 2. The molecule has 0 unspecified atom stereocenters. The van der Waals surface area contributed by atoms with Crippen LogP contribution in [0.25, 0.3) is 5.70 Å². The van der Waals surface area contributed by atoms with Gasteiger partial charge < -0.3 is 20.1 Å². The van der Waals surface area contributed by atoms with Gasteiger partial charge in [-0.1, -0.05) is 18.2 Å². The van der Waals surface area contributed by atoms with Gasteiger partial charge in [0.15, 0.2) is 0 Å². The van der Waals surface area contributed by atoms with Crippen LogP contribution in [0.2, 0.25) is 5.02 Å². The van der Waals surface area contributed by atoms with Crippen molar-refractivity contribution < 1.29 is 19.4 Å². The molecule has 0 fully saturated rings. The monoisotopic (exact) mass is 535 g/mol. The van der Waals surface area contributed by atoms with Crippen LogP contribution in [0.3, 0.4) is 0 Å². The second kappa shape index (κ2) is 9.43. The second-order valence-electron chi connectivity index (χ2n) is 6.51. The molecule has 0 spiro atoms. The molecule has 0 saturated heterocycles. The van der Waals surface area contributed by atoms with Crippen LogP contribution in [-0.2, 0) is 17.8 Å². The van der Waals surface area contributed by atoms with Crippen LogP contribution < -0.4 is 16.4 Å². The molecule has 1 aliphatic rings. The Bertz CT molecular complexity index is 994. The van der Waals surface area contributed by atoms with Gasteiger partial charge in [0.2, 0.25) is 0 Å². The number of hydrogen-bond acceptors (Lipinski definition) is 6. The van der Waals surface area contributed by atoms with Crippen molar-refractivity contribution in [3.63, 3.8) is 0 Å². The number of aromatic nitrogens is 1. The minimum atomic E-state index is -0.855. The Morgan fingerprint density at radius 2 is 2.14 bits per heavy atom. The summed E-state index contributed by atoms with van der Waals surface area (Å²) in [7, 11) is 0. The maximum absolute atomic E-state index is 14.4. The lowest BCUT2D eigenvalue weighted by molar-refractivity contribution is -0.0529. The predicted molar refractivity (Wildman–Crippen MR) is 118 cm³/mol. The number of halogens is 3. The molecule has 0 bridgehead atoms. The molecular weight excluding hydrogens is 516 g/mol. The summed E-state index contributed by atoms with van der Waals surface area (Å²) in [6.07, 6.45) is 0.506. The molecule has 2 aromatic rings. The first kappa shape index (κ1) is 22.0. The maximum atomic E-state index is 14.4. The molecule has 0 aliphatic carbocycles. The van der Waals surface area contributed by atoms with Gasteiger partial charge in [0.1, 0.15) is 16.9 Å². The summed E-state index contributed by atoms with van der Waals surface area (Å²) in [6.45, 7) is 3.66. The van der Waals surface area contributed by atoms with Gasteiger partial charge >= 0.3 is 0 Å². The highest BCUT2D eigenvalue weighted by Crippen LogP contribution is 2.36. The number of benzene rings is 1. The topological polar surface area (TPSA) is 95.8 Å². The zero-order valence-electron chi connectivity index (χ0n) is 15.3. The summed E-state index contributed by atoms with van der Waals surface area (Å²) in [5.74, 6) is -0.491. The Morgan fingerprint density at radius 3 is 2.79 bits per heavy atom. The van der Waals surface area contributed by atoms with Crippen LogP contribution in [0.15, 0.2) is 29.6 Å². The van der Waals surface area contributed by atoms with Crippen LogP contribution in [0.1, 0.15) is 17.7 Å². The van der Waals surface area contributed by atoms with Crippen molar-refractivity contribution in [3.05, 3.63) is 60.8 Å². The summed E-state index contributed by atoms with van der Waals surface area (Å²) in [5.41, 5.74) is 4.06. The molecule has 4 N–H and O–H groups in total. The maximum Gasteiger partial charge on any atom is 0.271 e. The molecule has 7 nitrogen and oxygen atoms in total. The normalized spacial score (nSPS) is 12.9. The van der Waals surface area contributed by atoms with Crippen molar-refractivity contribution >= 4 is 51.3 Å². The average molecular weight is 536 g/mol. The number of aliphatic hydroxyl groups is 2. The zero-order chi connectivity index (χ0) is 21.1. The third-order valence-electron chi connectivity index (χ3n) is 4.56. The van der Waals surface area contributed by atoms with Gasteiger partial charge in [-0.05, 0) is 53.6 Å². The molecule has 1 aromatic heterocycles. The molecule has 0 atom stereocenters. The third kappa shape index (κ3) is 4.58. The number of hydroxylamine groups is 1. The van der Waals surface area contributed by atoms with E-state index in [0.29, 0.717) is 24.2 Å². The third-order valence-corrected chi connectivity index (χ3v) is 5.58. The summed E-state index contributed by atoms with van der Waals surface area (Å²) in [4.78, 5) is 17.9. The highest BCUT2D eigenvalue weighted by atomic mass is 127. The highest BCUT2D eigenvalue weighted by Gasteiger charge is 2.26. The van der Waals surface area contributed by atoms with Crippen molar-refractivity contribution in [2.45, 2.75) is 25.5 Å². The van der Waals surface area contributed by atoms with Gasteiger partial charge in [0, 0.05) is 21.4 Å². The van der Waals surface area contributed by atoms with Crippen molar-refractivity contribution in [2.75, 3.05) is 18.5 Å². The molecule has 10 heteroatoms. The summed E-state index contributed by atoms with van der Waals surface area (Å²) in [6, 6.07) is 4.64. The largest absolute Gasteiger partial charge is 0.393 e. The van der Waals surface area contributed by atoms with E-state index in [0.717, 1.165) is 9.99 Å². The molecule has 0 radical (unpaired) electrons. The fraction of sp³-hybridized carbons (Fsp3) is 0.316. The van der Waals surface area contributed by atoms with Gasteiger partial charge in [-0.3, -0.25) is 15.1 Å². The molecule has 3 rings (SSSR count). The Kier molecular flexibility index (Phi) is 7.17. The zero-order valence-corrected chi connectivity index (χ0v) is 18.3. The van der Waals surface area contributed by atoms with Gasteiger partial charge in [-0.2, -0.15) is 0 Å². The fourth-order valence-corrected chi connectivity index (χ4v) is 3.84. The minimum absolute atomic E-state index is 0.0904. The van der Waals surface area contributed by atoms with E-state index in [-0.39, 0.29) is 27.7 Å². The number of fused-ring (bicyclic) bond motifs is 1. The van der Waals surface area contributed by atoms with Crippen LogP contribution in [-0.4, -0.2) is 34.1 Å². The van der Waals surface area contributed by atoms with E-state index in [9.17, 15) is 19.4 Å². The molecule has 0 saturated carbocycles. The first-order valence-corrected chi connectivity index (χ1v) is 10.3. The standard InChI is InChI=1S/C19H20ClFIN3O4/c1-10(24-29-12(8-26)9-27)16-15-3-2-6-25(15)19(28)17(20)18(16)23-14-5-4-11(22)7-13(14)21/h4-5,7,12,23-24,26-27H,1-3,6,8-9H2. The van der Waals surface area contributed by atoms with E-state index in [1.54, 1.807) is 16.7 Å². The lowest BCUT2D eigenvalue weighted by Crippen LogP contribution is -2.30. The first-order chi connectivity index (χ1) is 13.9. The van der Waals surface area contributed by atoms with Crippen LogP contribution >= 0.6 is 34.2 Å². The van der Waals surface area contributed by atoms with Gasteiger partial charge in [0.25, 0.3) is 5.56 Å². The van der Waals surface area contributed by atoms with E-state index in [1.807, 2.05) is 22.6 Å². The van der Waals surface area contributed by atoms with E-state index in [1.165, 1.54) is 6.07 Å². The van der Waals surface area contributed by atoms with Crippen LogP contribution in [0, 0.1) is 9.39 Å². The highest BCUT2D eigenvalue weighted by molar-refractivity contribution is 14.1. The van der Waals surface area contributed by atoms with E-state index in [2.05, 4.69) is 17.4 Å². The van der Waals surface area contributed by atoms with E-state index in [4.69, 9.17) is 16.4 Å². The second-order valence-corrected chi connectivity index (χ2v) is 8.13. The minimum Gasteiger partial charge on any atom is -0.393 e. The Hall–Kier alpha value is -1.66. The number of aliphatic hydroxyl groups excluding tert-OH is 2. The molecule has 0 amide bonds. The molecule has 1 aliphatic heterocycles. The van der Waals surface area contributed by atoms with Crippen molar-refractivity contribution in [1.82, 2.24) is 10.0 Å². The SMILES string of the molecule is C=C(NOC(CO)CO)c1c(Nc2ccc(I)cc2F)c(Cl)c(=O)n2c1CCC2. The molecule has 1 aromatic carbocycles.